The maximum atomic E-state index is 13.6. The number of rotatable bonds is 2. The number of halogens is 5. The van der Waals surface area contributed by atoms with E-state index in [-0.39, 0.29) is 5.56 Å². The molecule has 0 spiro atoms. The van der Waals surface area contributed by atoms with Gasteiger partial charge in [0.2, 0.25) is 0 Å². The molecule has 2 aromatic rings. The molecule has 112 valence electrons. The highest BCUT2D eigenvalue weighted by Crippen LogP contribution is 2.34. The summed E-state index contributed by atoms with van der Waals surface area (Å²) < 4.78 is 64.5. The second kappa shape index (κ2) is 5.11. The maximum Gasteiger partial charge on any atom is 0.419 e. The summed E-state index contributed by atoms with van der Waals surface area (Å²) in [5, 5.41) is 0. The van der Waals surface area contributed by atoms with E-state index in [1.807, 2.05) is 0 Å². The Hall–Kier alpha value is -1.95. The SMILES string of the molecule is CC(N)(c1cccc(F)c1)c1ccc(C(F)(F)F)c(F)c1. The first-order valence-electron chi connectivity index (χ1n) is 6.04. The summed E-state index contributed by atoms with van der Waals surface area (Å²) in [7, 11) is 0. The molecule has 0 amide bonds. The summed E-state index contributed by atoms with van der Waals surface area (Å²) in [6, 6.07) is 7.79. The number of nitrogens with two attached hydrogens (primary N) is 1. The fraction of sp³-hybridized carbons (Fsp3) is 0.200. The molecule has 2 aromatic carbocycles. The van der Waals surface area contributed by atoms with E-state index in [4.69, 9.17) is 5.73 Å². The van der Waals surface area contributed by atoms with Crippen LogP contribution in [0.4, 0.5) is 22.0 Å². The van der Waals surface area contributed by atoms with E-state index >= 15 is 0 Å². The van der Waals surface area contributed by atoms with Crippen LogP contribution in [-0.2, 0) is 11.7 Å². The van der Waals surface area contributed by atoms with Gasteiger partial charge in [-0.2, -0.15) is 13.2 Å². The highest BCUT2D eigenvalue weighted by atomic mass is 19.4. The van der Waals surface area contributed by atoms with Crippen molar-refractivity contribution in [2.75, 3.05) is 0 Å². The fourth-order valence-corrected chi connectivity index (χ4v) is 2.05. The van der Waals surface area contributed by atoms with Crippen molar-refractivity contribution in [3.63, 3.8) is 0 Å². The van der Waals surface area contributed by atoms with Crippen molar-refractivity contribution in [3.8, 4) is 0 Å². The van der Waals surface area contributed by atoms with Gasteiger partial charge in [0.25, 0.3) is 0 Å². The van der Waals surface area contributed by atoms with Gasteiger partial charge in [-0.15, -0.1) is 0 Å². The first-order valence-corrected chi connectivity index (χ1v) is 6.04. The lowest BCUT2D eigenvalue weighted by Gasteiger charge is -2.26. The molecule has 0 bridgehead atoms. The third-order valence-electron chi connectivity index (χ3n) is 3.30. The van der Waals surface area contributed by atoms with Gasteiger partial charge in [-0.3, -0.25) is 0 Å². The van der Waals surface area contributed by atoms with Gasteiger partial charge in [0, 0.05) is 0 Å². The van der Waals surface area contributed by atoms with Crippen molar-refractivity contribution in [2.45, 2.75) is 18.6 Å². The van der Waals surface area contributed by atoms with Crippen LogP contribution in [0.15, 0.2) is 42.5 Å². The van der Waals surface area contributed by atoms with Gasteiger partial charge in [0.15, 0.2) is 0 Å². The normalized spacial score (nSPS) is 14.8. The van der Waals surface area contributed by atoms with E-state index in [2.05, 4.69) is 0 Å². The molecule has 0 radical (unpaired) electrons. The van der Waals surface area contributed by atoms with Crippen molar-refractivity contribution < 1.29 is 22.0 Å². The van der Waals surface area contributed by atoms with E-state index < -0.39 is 28.9 Å². The van der Waals surface area contributed by atoms with Gasteiger partial charge >= 0.3 is 6.18 Å². The Bertz CT molecular complexity index is 661. The molecule has 21 heavy (non-hydrogen) atoms. The standard InChI is InChI=1S/C15H12F5N/c1-14(21,9-3-2-4-11(16)7-9)10-5-6-12(13(17)8-10)15(18,19)20/h2-8H,21H2,1H3. The summed E-state index contributed by atoms with van der Waals surface area (Å²) >= 11 is 0. The van der Waals surface area contributed by atoms with E-state index in [9.17, 15) is 22.0 Å². The summed E-state index contributed by atoms with van der Waals surface area (Å²) in [4.78, 5) is 0. The highest BCUT2D eigenvalue weighted by molar-refractivity contribution is 5.39. The van der Waals surface area contributed by atoms with Gasteiger partial charge in [0.1, 0.15) is 11.6 Å². The monoisotopic (exact) mass is 301 g/mol. The number of benzene rings is 2. The van der Waals surface area contributed by atoms with Crippen molar-refractivity contribution in [1.82, 2.24) is 0 Å². The predicted octanol–water partition coefficient (Wildman–Crippen LogP) is 4.21. The number of hydrogen-bond donors (Lipinski definition) is 1. The van der Waals surface area contributed by atoms with Gasteiger partial charge in [-0.05, 0) is 42.3 Å². The molecule has 1 unspecified atom stereocenters. The molecule has 6 heteroatoms. The van der Waals surface area contributed by atoms with Crippen LogP contribution < -0.4 is 5.73 Å². The third-order valence-corrected chi connectivity index (χ3v) is 3.30. The Morgan fingerprint density at radius 2 is 1.52 bits per heavy atom. The molecule has 0 heterocycles. The summed E-state index contributed by atoms with van der Waals surface area (Å²) in [6.45, 7) is 1.48. The number of hydrogen-bond acceptors (Lipinski definition) is 1. The van der Waals surface area contributed by atoms with Crippen molar-refractivity contribution >= 4 is 0 Å². The van der Waals surface area contributed by atoms with Crippen molar-refractivity contribution in [3.05, 3.63) is 70.8 Å². The highest BCUT2D eigenvalue weighted by Gasteiger charge is 2.35. The lowest BCUT2D eigenvalue weighted by Crippen LogP contribution is -2.34. The first kappa shape index (κ1) is 15.4. The van der Waals surface area contributed by atoms with Crippen LogP contribution >= 0.6 is 0 Å². The number of alkyl halides is 3. The third kappa shape index (κ3) is 3.05. The van der Waals surface area contributed by atoms with Crippen LogP contribution in [0.5, 0.6) is 0 Å². The average Bonchev–Trinajstić information content (AvgIpc) is 2.37. The molecule has 0 aliphatic carbocycles. The van der Waals surface area contributed by atoms with Crippen molar-refractivity contribution in [1.29, 1.82) is 0 Å². The molecule has 1 atom stereocenters. The van der Waals surface area contributed by atoms with Crippen LogP contribution in [0.2, 0.25) is 0 Å². The van der Waals surface area contributed by atoms with Crippen LogP contribution in [0.25, 0.3) is 0 Å². The molecule has 0 aromatic heterocycles. The first-order chi connectivity index (χ1) is 9.62. The summed E-state index contributed by atoms with van der Waals surface area (Å²) in [6.07, 6.45) is -4.77. The Labute approximate surface area is 118 Å². The van der Waals surface area contributed by atoms with Crippen LogP contribution in [-0.4, -0.2) is 0 Å². The molecule has 2 N–H and O–H groups in total. The second-order valence-corrected chi connectivity index (χ2v) is 4.91. The molecule has 2 rings (SSSR count). The van der Waals surface area contributed by atoms with Gasteiger partial charge in [0.05, 0.1) is 11.1 Å². The molecule has 0 saturated heterocycles. The van der Waals surface area contributed by atoms with Crippen molar-refractivity contribution in [2.24, 2.45) is 5.73 Å². The minimum Gasteiger partial charge on any atom is -0.318 e. The van der Waals surface area contributed by atoms with E-state index in [1.165, 1.54) is 25.1 Å². The predicted molar refractivity (Wildman–Crippen MR) is 68.4 cm³/mol. The molecule has 0 aliphatic heterocycles. The Balaban J connectivity index is 2.49. The Morgan fingerprint density at radius 1 is 0.905 bits per heavy atom. The minimum absolute atomic E-state index is 0.124. The van der Waals surface area contributed by atoms with E-state index in [1.54, 1.807) is 0 Å². The van der Waals surface area contributed by atoms with Crippen LogP contribution in [0, 0.1) is 11.6 Å². The Kier molecular flexibility index (Phi) is 3.76. The largest absolute Gasteiger partial charge is 0.419 e. The summed E-state index contributed by atoms with van der Waals surface area (Å²) in [5.74, 6) is -1.94. The molecule has 1 nitrogen and oxygen atoms in total. The smallest absolute Gasteiger partial charge is 0.318 e. The summed E-state index contributed by atoms with van der Waals surface area (Å²) in [5.41, 5.74) is 3.83. The average molecular weight is 301 g/mol. The quantitative estimate of drug-likeness (QED) is 0.826. The maximum absolute atomic E-state index is 13.6. The topological polar surface area (TPSA) is 26.0 Å². The van der Waals surface area contributed by atoms with Crippen LogP contribution in [0.3, 0.4) is 0 Å². The van der Waals surface area contributed by atoms with Gasteiger partial charge in [-0.1, -0.05) is 18.2 Å². The molecule has 0 aliphatic rings. The van der Waals surface area contributed by atoms with E-state index in [0.29, 0.717) is 11.6 Å². The zero-order valence-electron chi connectivity index (χ0n) is 11.0. The molecular weight excluding hydrogens is 289 g/mol. The molecule has 0 saturated carbocycles. The zero-order chi connectivity index (χ0) is 15.8. The lowest BCUT2D eigenvalue weighted by molar-refractivity contribution is -0.140. The Morgan fingerprint density at radius 3 is 2.05 bits per heavy atom. The second-order valence-electron chi connectivity index (χ2n) is 4.91. The minimum atomic E-state index is -4.77. The molecule has 0 fully saturated rings. The van der Waals surface area contributed by atoms with Gasteiger partial charge < -0.3 is 5.73 Å². The molecular formula is C15H12F5N. The van der Waals surface area contributed by atoms with Crippen LogP contribution in [0.1, 0.15) is 23.6 Å². The zero-order valence-corrected chi connectivity index (χ0v) is 11.0. The lowest BCUT2D eigenvalue weighted by atomic mass is 9.85. The van der Waals surface area contributed by atoms with Gasteiger partial charge in [-0.25, -0.2) is 8.78 Å². The fourth-order valence-electron chi connectivity index (χ4n) is 2.05. The van der Waals surface area contributed by atoms with E-state index in [0.717, 1.165) is 18.2 Å².